The maximum absolute atomic E-state index is 12.8. The summed E-state index contributed by atoms with van der Waals surface area (Å²) in [6.07, 6.45) is 8.93. The lowest BCUT2D eigenvalue weighted by Gasteiger charge is -2.61. The Bertz CT molecular complexity index is 469. The van der Waals surface area contributed by atoms with Crippen molar-refractivity contribution in [3.8, 4) is 0 Å². The maximum Gasteiger partial charge on any atom is 0.226 e. The molecule has 2 amide bonds. The standard InChI is InChI=1S/C17H26N2O2/c1-11(20)19-17-7-13-4-14(8-17)6-16(5-13,10-17)15(21)18-9-12-2-3-12/h12-14H,2-10H2,1H3,(H,18,21)(H,19,20)/t13-,14+,16?,17?. The quantitative estimate of drug-likeness (QED) is 0.832. The average Bonchev–Trinajstić information content (AvgIpc) is 3.16. The molecule has 0 aromatic carbocycles. The molecule has 0 spiro atoms. The van der Waals surface area contributed by atoms with Crippen molar-refractivity contribution < 1.29 is 9.59 Å². The minimum Gasteiger partial charge on any atom is -0.355 e. The van der Waals surface area contributed by atoms with Crippen LogP contribution in [0.1, 0.15) is 58.3 Å². The smallest absolute Gasteiger partial charge is 0.226 e. The van der Waals surface area contributed by atoms with Gasteiger partial charge in [-0.2, -0.15) is 0 Å². The third kappa shape index (κ3) is 2.36. The number of carbonyl (C=O) groups is 2. The van der Waals surface area contributed by atoms with Gasteiger partial charge in [-0.05, 0) is 69.1 Å². The van der Waals surface area contributed by atoms with Crippen molar-refractivity contribution in [2.24, 2.45) is 23.2 Å². The van der Waals surface area contributed by atoms with Crippen molar-refractivity contribution in [2.75, 3.05) is 6.54 Å². The molecule has 5 rings (SSSR count). The molecule has 4 atom stereocenters. The van der Waals surface area contributed by atoms with Gasteiger partial charge in [0.15, 0.2) is 0 Å². The molecule has 0 saturated heterocycles. The molecule has 5 aliphatic rings. The van der Waals surface area contributed by atoms with Gasteiger partial charge in [0, 0.05) is 19.0 Å². The highest BCUT2D eigenvalue weighted by Crippen LogP contribution is 2.61. The molecule has 5 fully saturated rings. The lowest BCUT2D eigenvalue weighted by Crippen LogP contribution is -2.65. The van der Waals surface area contributed by atoms with E-state index in [9.17, 15) is 9.59 Å². The number of carbonyl (C=O) groups excluding carboxylic acids is 2. The normalized spacial score (nSPS) is 43.7. The van der Waals surface area contributed by atoms with Crippen LogP contribution in [0.25, 0.3) is 0 Å². The van der Waals surface area contributed by atoms with Crippen LogP contribution in [-0.2, 0) is 9.59 Å². The summed E-state index contributed by atoms with van der Waals surface area (Å²) in [5.74, 6) is 2.32. The Morgan fingerprint density at radius 2 is 1.76 bits per heavy atom. The van der Waals surface area contributed by atoms with E-state index in [4.69, 9.17) is 0 Å². The van der Waals surface area contributed by atoms with Crippen LogP contribution in [0, 0.1) is 23.2 Å². The predicted molar refractivity (Wildman–Crippen MR) is 79.4 cm³/mol. The molecule has 5 saturated carbocycles. The summed E-state index contributed by atoms with van der Waals surface area (Å²) >= 11 is 0. The molecule has 0 aromatic heterocycles. The van der Waals surface area contributed by atoms with Crippen LogP contribution in [-0.4, -0.2) is 23.9 Å². The molecule has 0 aliphatic heterocycles. The second kappa shape index (κ2) is 4.47. The van der Waals surface area contributed by atoms with E-state index in [-0.39, 0.29) is 22.8 Å². The SMILES string of the molecule is CC(=O)NC12C[C@H]3C[C@@H](C1)CC(C(=O)NCC1CC1)(C3)C2. The van der Waals surface area contributed by atoms with E-state index in [2.05, 4.69) is 10.6 Å². The fourth-order valence-corrected chi connectivity index (χ4v) is 5.79. The van der Waals surface area contributed by atoms with E-state index in [0.29, 0.717) is 11.8 Å². The van der Waals surface area contributed by atoms with E-state index in [0.717, 1.165) is 44.6 Å². The van der Waals surface area contributed by atoms with Gasteiger partial charge in [0.1, 0.15) is 0 Å². The third-order valence-corrected chi connectivity index (χ3v) is 6.23. The molecule has 0 radical (unpaired) electrons. The van der Waals surface area contributed by atoms with Crippen LogP contribution in [0.2, 0.25) is 0 Å². The molecule has 5 aliphatic carbocycles. The summed E-state index contributed by atoms with van der Waals surface area (Å²) in [5.41, 5.74) is -0.283. The molecule has 4 heteroatoms. The van der Waals surface area contributed by atoms with Crippen LogP contribution >= 0.6 is 0 Å². The molecule has 21 heavy (non-hydrogen) atoms. The van der Waals surface area contributed by atoms with Crippen molar-refractivity contribution in [3.63, 3.8) is 0 Å². The molecule has 4 bridgehead atoms. The highest BCUT2D eigenvalue weighted by atomic mass is 16.2. The Balaban J connectivity index is 1.54. The molecular formula is C17H26N2O2. The zero-order valence-electron chi connectivity index (χ0n) is 12.9. The van der Waals surface area contributed by atoms with Gasteiger partial charge in [-0.1, -0.05) is 0 Å². The summed E-state index contributed by atoms with van der Waals surface area (Å²) in [6, 6.07) is 0. The minimum atomic E-state index is -0.193. The van der Waals surface area contributed by atoms with Gasteiger partial charge in [-0.3, -0.25) is 9.59 Å². The van der Waals surface area contributed by atoms with E-state index < -0.39 is 0 Å². The average molecular weight is 290 g/mol. The van der Waals surface area contributed by atoms with Crippen LogP contribution in [0.5, 0.6) is 0 Å². The van der Waals surface area contributed by atoms with Gasteiger partial charge in [0.2, 0.25) is 11.8 Å². The molecule has 116 valence electrons. The molecular weight excluding hydrogens is 264 g/mol. The number of nitrogens with one attached hydrogen (secondary N) is 2. The maximum atomic E-state index is 12.8. The van der Waals surface area contributed by atoms with Gasteiger partial charge in [0.05, 0.1) is 5.41 Å². The van der Waals surface area contributed by atoms with Crippen molar-refractivity contribution in [2.45, 2.75) is 63.8 Å². The first-order valence-corrected chi connectivity index (χ1v) is 8.56. The second-order valence-electron chi connectivity index (χ2n) is 8.36. The summed E-state index contributed by atoms with van der Waals surface area (Å²) in [5, 5.41) is 6.45. The van der Waals surface area contributed by atoms with Crippen LogP contribution in [0.15, 0.2) is 0 Å². The second-order valence-corrected chi connectivity index (χ2v) is 8.36. The van der Waals surface area contributed by atoms with Gasteiger partial charge in [0.25, 0.3) is 0 Å². The van der Waals surface area contributed by atoms with Crippen LogP contribution in [0.4, 0.5) is 0 Å². The molecule has 0 aromatic rings. The van der Waals surface area contributed by atoms with Gasteiger partial charge >= 0.3 is 0 Å². The highest BCUT2D eigenvalue weighted by molar-refractivity contribution is 5.84. The first-order chi connectivity index (χ1) is 9.99. The Morgan fingerprint density at radius 3 is 2.33 bits per heavy atom. The molecule has 4 nitrogen and oxygen atoms in total. The zero-order valence-corrected chi connectivity index (χ0v) is 12.9. The van der Waals surface area contributed by atoms with Crippen molar-refractivity contribution in [1.29, 1.82) is 0 Å². The monoisotopic (exact) mass is 290 g/mol. The largest absolute Gasteiger partial charge is 0.355 e. The Labute approximate surface area is 126 Å². The Morgan fingerprint density at radius 1 is 1.10 bits per heavy atom. The van der Waals surface area contributed by atoms with Crippen molar-refractivity contribution in [3.05, 3.63) is 0 Å². The van der Waals surface area contributed by atoms with Crippen LogP contribution < -0.4 is 10.6 Å². The third-order valence-electron chi connectivity index (χ3n) is 6.23. The predicted octanol–water partition coefficient (Wildman–Crippen LogP) is 1.99. The lowest BCUT2D eigenvalue weighted by atomic mass is 9.46. The lowest BCUT2D eigenvalue weighted by molar-refractivity contribution is -0.153. The van der Waals surface area contributed by atoms with Crippen molar-refractivity contribution >= 4 is 11.8 Å². The minimum absolute atomic E-state index is 0.0606. The topological polar surface area (TPSA) is 58.2 Å². The van der Waals surface area contributed by atoms with Gasteiger partial charge in [-0.15, -0.1) is 0 Å². The Kier molecular flexibility index (Phi) is 2.89. The number of hydrogen-bond acceptors (Lipinski definition) is 2. The van der Waals surface area contributed by atoms with Gasteiger partial charge < -0.3 is 10.6 Å². The molecule has 0 heterocycles. The van der Waals surface area contributed by atoms with E-state index >= 15 is 0 Å². The Hall–Kier alpha value is -1.06. The molecule has 2 N–H and O–H groups in total. The number of rotatable bonds is 4. The summed E-state index contributed by atoms with van der Waals surface area (Å²) in [6.45, 7) is 2.47. The summed E-state index contributed by atoms with van der Waals surface area (Å²) in [4.78, 5) is 24.4. The molecule has 2 unspecified atom stereocenters. The van der Waals surface area contributed by atoms with Crippen molar-refractivity contribution in [1.82, 2.24) is 10.6 Å². The zero-order chi connectivity index (χ0) is 14.7. The van der Waals surface area contributed by atoms with Gasteiger partial charge in [-0.25, -0.2) is 0 Å². The first-order valence-electron chi connectivity index (χ1n) is 8.56. The number of amides is 2. The fourth-order valence-electron chi connectivity index (χ4n) is 5.79. The van der Waals surface area contributed by atoms with E-state index in [1.165, 1.54) is 19.3 Å². The first kappa shape index (κ1) is 13.6. The highest BCUT2D eigenvalue weighted by Gasteiger charge is 2.60. The van der Waals surface area contributed by atoms with E-state index in [1.807, 2.05) is 0 Å². The summed E-state index contributed by atoms with van der Waals surface area (Å²) < 4.78 is 0. The fraction of sp³-hybridized carbons (Fsp3) is 0.882. The van der Waals surface area contributed by atoms with E-state index in [1.54, 1.807) is 6.92 Å². The number of hydrogen-bond donors (Lipinski definition) is 2. The summed E-state index contributed by atoms with van der Waals surface area (Å²) in [7, 11) is 0. The van der Waals surface area contributed by atoms with Crippen LogP contribution in [0.3, 0.4) is 0 Å².